The molecule has 1 heterocycles. The van der Waals surface area contributed by atoms with Crippen LogP contribution in [0.15, 0.2) is 0 Å². The van der Waals surface area contributed by atoms with Gasteiger partial charge in [0.05, 0.1) is 13.2 Å². The van der Waals surface area contributed by atoms with Crippen LogP contribution in [-0.4, -0.2) is 47.5 Å². The van der Waals surface area contributed by atoms with Gasteiger partial charge in [-0.3, -0.25) is 0 Å². The number of aliphatic hydroxyl groups excluding tert-OH is 1. The summed E-state index contributed by atoms with van der Waals surface area (Å²) in [6.45, 7) is 2.86. The first-order chi connectivity index (χ1) is 10.8. The van der Waals surface area contributed by atoms with Crippen LogP contribution in [0.4, 0.5) is 4.39 Å². The third-order valence-corrected chi connectivity index (χ3v) is 6.12. The number of alkyl halides is 1. The summed E-state index contributed by atoms with van der Waals surface area (Å²) < 4.78 is 31.8. The Morgan fingerprint density at radius 3 is 2.48 bits per heavy atom. The van der Waals surface area contributed by atoms with Crippen molar-refractivity contribution in [2.24, 2.45) is 17.8 Å². The van der Waals surface area contributed by atoms with Crippen molar-refractivity contribution in [2.45, 2.75) is 69.1 Å². The second kappa shape index (κ2) is 4.90. The fourth-order valence-corrected chi connectivity index (χ4v) is 5.37. The second-order valence-corrected chi connectivity index (χ2v) is 8.34. The molecule has 0 amide bonds. The normalized spacial score (nSPS) is 48.2. The lowest BCUT2D eigenvalue weighted by Crippen LogP contribution is -2.65. The molecule has 6 heteroatoms. The first-order valence-electron chi connectivity index (χ1n) is 8.61. The van der Waals surface area contributed by atoms with Crippen LogP contribution in [0.3, 0.4) is 0 Å². The molecule has 1 spiro atoms. The fraction of sp³-hybridized carbons (Fsp3) is 0.941. The summed E-state index contributed by atoms with van der Waals surface area (Å²) in [5.41, 5.74) is -2.53. The number of rotatable bonds is 3. The predicted octanol–water partition coefficient (Wildman–Crippen LogP) is 1.96. The third kappa shape index (κ3) is 2.33. The molecule has 0 aromatic rings. The Balaban J connectivity index is 1.57. The van der Waals surface area contributed by atoms with Gasteiger partial charge in [0.15, 0.2) is 5.79 Å². The van der Waals surface area contributed by atoms with Gasteiger partial charge < -0.3 is 19.3 Å². The third-order valence-electron chi connectivity index (χ3n) is 6.12. The molecule has 4 aliphatic carbocycles. The van der Waals surface area contributed by atoms with Crippen LogP contribution in [0.5, 0.6) is 0 Å². The SMILES string of the molecule is CC(C)(F)C(=O)OC12CC3CC(C1)C1(OCC(CO)O1)C(C3)C2. The highest BCUT2D eigenvalue weighted by molar-refractivity contribution is 5.78. The van der Waals surface area contributed by atoms with Crippen LogP contribution in [0.1, 0.15) is 46.0 Å². The van der Waals surface area contributed by atoms with Gasteiger partial charge in [-0.15, -0.1) is 0 Å². The first-order valence-corrected chi connectivity index (χ1v) is 8.61. The largest absolute Gasteiger partial charge is 0.457 e. The van der Waals surface area contributed by atoms with E-state index in [0.717, 1.165) is 19.3 Å². The Labute approximate surface area is 135 Å². The van der Waals surface area contributed by atoms with Crippen LogP contribution in [0.25, 0.3) is 0 Å². The lowest BCUT2D eigenvalue weighted by molar-refractivity contribution is -0.321. The zero-order valence-corrected chi connectivity index (χ0v) is 13.7. The zero-order chi connectivity index (χ0) is 16.5. The van der Waals surface area contributed by atoms with Crippen molar-refractivity contribution < 1.29 is 28.5 Å². The molecule has 3 unspecified atom stereocenters. The molecule has 0 radical (unpaired) electrons. The quantitative estimate of drug-likeness (QED) is 0.802. The lowest BCUT2D eigenvalue weighted by Gasteiger charge is -2.62. The van der Waals surface area contributed by atoms with E-state index in [1.165, 1.54) is 13.8 Å². The molecule has 1 saturated heterocycles. The molecule has 4 saturated carbocycles. The van der Waals surface area contributed by atoms with E-state index < -0.39 is 23.0 Å². The number of aliphatic hydroxyl groups is 1. The van der Waals surface area contributed by atoms with Crippen LogP contribution < -0.4 is 0 Å². The van der Waals surface area contributed by atoms with E-state index in [0.29, 0.717) is 25.4 Å². The summed E-state index contributed by atoms with van der Waals surface area (Å²) in [5, 5.41) is 9.35. The van der Waals surface area contributed by atoms with E-state index in [9.17, 15) is 14.3 Å². The van der Waals surface area contributed by atoms with E-state index in [1.54, 1.807) is 0 Å². The first kappa shape index (κ1) is 15.8. The van der Waals surface area contributed by atoms with Gasteiger partial charge in [-0.25, -0.2) is 9.18 Å². The minimum atomic E-state index is -1.97. The number of hydrogen-bond donors (Lipinski definition) is 1. The molecule has 5 aliphatic rings. The summed E-state index contributed by atoms with van der Waals surface area (Å²) in [6, 6.07) is 0. The minimum absolute atomic E-state index is 0.0409. The summed E-state index contributed by atoms with van der Waals surface area (Å²) in [5.74, 6) is -0.614. The molecule has 4 bridgehead atoms. The number of ether oxygens (including phenoxy) is 3. The number of esters is 1. The molecular weight excluding hydrogens is 303 g/mol. The molecular formula is C17H25FO5. The van der Waals surface area contributed by atoms with Crippen LogP contribution in [0, 0.1) is 17.8 Å². The highest BCUT2D eigenvalue weighted by atomic mass is 19.1. The highest BCUT2D eigenvalue weighted by Crippen LogP contribution is 2.63. The minimum Gasteiger partial charge on any atom is -0.457 e. The Morgan fingerprint density at radius 1 is 1.30 bits per heavy atom. The van der Waals surface area contributed by atoms with Gasteiger partial charge in [-0.2, -0.15) is 0 Å². The molecule has 130 valence electrons. The number of hydrogen-bond acceptors (Lipinski definition) is 5. The van der Waals surface area contributed by atoms with Crippen LogP contribution in [0.2, 0.25) is 0 Å². The molecule has 1 aliphatic heterocycles. The van der Waals surface area contributed by atoms with Gasteiger partial charge in [-0.05, 0) is 51.9 Å². The summed E-state index contributed by atoms with van der Waals surface area (Å²) in [6.07, 6.45) is 3.87. The molecule has 0 aromatic carbocycles. The number of carbonyl (C=O) groups is 1. The molecule has 5 rings (SSSR count). The zero-order valence-electron chi connectivity index (χ0n) is 13.7. The van der Waals surface area contributed by atoms with Crippen molar-refractivity contribution in [1.29, 1.82) is 0 Å². The Kier molecular flexibility index (Phi) is 3.36. The van der Waals surface area contributed by atoms with Crippen LogP contribution >= 0.6 is 0 Å². The van der Waals surface area contributed by atoms with Gasteiger partial charge in [0.2, 0.25) is 5.67 Å². The van der Waals surface area contributed by atoms with Crippen molar-refractivity contribution >= 4 is 5.97 Å². The van der Waals surface area contributed by atoms with Gasteiger partial charge in [-0.1, -0.05) is 0 Å². The summed E-state index contributed by atoms with van der Waals surface area (Å²) in [4.78, 5) is 12.1. The number of halogens is 1. The molecule has 23 heavy (non-hydrogen) atoms. The maximum absolute atomic E-state index is 13.9. The Hall–Kier alpha value is -0.720. The molecule has 5 nitrogen and oxygen atoms in total. The molecule has 5 fully saturated rings. The van der Waals surface area contributed by atoms with Crippen molar-refractivity contribution in [2.75, 3.05) is 13.2 Å². The molecule has 1 N–H and O–H groups in total. The monoisotopic (exact) mass is 328 g/mol. The van der Waals surface area contributed by atoms with E-state index in [-0.39, 0.29) is 24.5 Å². The molecule has 0 aromatic heterocycles. The topological polar surface area (TPSA) is 65.0 Å². The summed E-state index contributed by atoms with van der Waals surface area (Å²) in [7, 11) is 0. The van der Waals surface area contributed by atoms with Gasteiger partial charge in [0, 0.05) is 11.8 Å². The number of carbonyl (C=O) groups excluding carboxylic acids is 1. The maximum Gasteiger partial charge on any atom is 0.343 e. The standard InChI is InChI=1S/C17H25FO5/c1-15(2,18)14(20)23-16-5-10-3-11(6-16)17(12(4-10)7-16)21-9-13(8-19)22-17/h10-13,19H,3-9H2,1-2H3. The highest BCUT2D eigenvalue weighted by Gasteiger charge is 2.67. The van der Waals surface area contributed by atoms with Crippen molar-refractivity contribution in [1.82, 2.24) is 0 Å². The Morgan fingerprint density at radius 2 is 1.96 bits per heavy atom. The fourth-order valence-electron chi connectivity index (χ4n) is 5.37. The van der Waals surface area contributed by atoms with E-state index in [4.69, 9.17) is 14.2 Å². The van der Waals surface area contributed by atoms with Crippen LogP contribution in [-0.2, 0) is 19.0 Å². The van der Waals surface area contributed by atoms with Crippen molar-refractivity contribution in [3.8, 4) is 0 Å². The summed E-state index contributed by atoms with van der Waals surface area (Å²) >= 11 is 0. The van der Waals surface area contributed by atoms with E-state index >= 15 is 0 Å². The van der Waals surface area contributed by atoms with Gasteiger partial charge in [0.25, 0.3) is 0 Å². The predicted molar refractivity (Wildman–Crippen MR) is 78.2 cm³/mol. The average Bonchev–Trinajstić information content (AvgIpc) is 2.88. The maximum atomic E-state index is 13.9. The van der Waals surface area contributed by atoms with E-state index in [1.807, 2.05) is 0 Å². The smallest absolute Gasteiger partial charge is 0.343 e. The van der Waals surface area contributed by atoms with Gasteiger partial charge >= 0.3 is 5.97 Å². The van der Waals surface area contributed by atoms with Crippen molar-refractivity contribution in [3.05, 3.63) is 0 Å². The second-order valence-electron chi connectivity index (χ2n) is 8.34. The van der Waals surface area contributed by atoms with Gasteiger partial charge in [0.1, 0.15) is 11.7 Å². The lowest BCUT2D eigenvalue weighted by atomic mass is 9.51. The van der Waals surface area contributed by atoms with Crippen molar-refractivity contribution in [3.63, 3.8) is 0 Å². The van der Waals surface area contributed by atoms with E-state index in [2.05, 4.69) is 0 Å². The molecule has 3 atom stereocenters. The average molecular weight is 328 g/mol. The Bertz CT molecular complexity index is 498.